The Kier molecular flexibility index (Phi) is 6.39. The lowest BCUT2D eigenvalue weighted by atomic mass is 10.2. The first-order valence-corrected chi connectivity index (χ1v) is 4.31. The summed E-state index contributed by atoms with van der Waals surface area (Å²) in [5, 5.41) is 8.59. The third-order valence-corrected chi connectivity index (χ3v) is 1.40. The number of carbonyl (C=O) groups is 1. The lowest BCUT2D eigenvalue weighted by molar-refractivity contribution is -0.135. The van der Waals surface area contributed by atoms with Crippen molar-refractivity contribution in [2.45, 2.75) is 0 Å². The number of rotatable bonds is 4. The second-order valence-corrected chi connectivity index (χ2v) is 2.87. The molecule has 0 spiro atoms. The van der Waals surface area contributed by atoms with Crippen LogP contribution in [0.25, 0.3) is 0 Å². The monoisotopic (exact) mass is 206 g/mol. The van der Waals surface area contributed by atoms with Gasteiger partial charge in [-0.3, -0.25) is 0 Å². The highest BCUT2D eigenvalue weighted by molar-refractivity contribution is 5.92. The normalized spacial score (nSPS) is 11.7. The predicted octanol–water partition coefficient (Wildman–Crippen LogP) is 1.24. The maximum absolute atomic E-state index is 10.9. The molecule has 0 heterocycles. The van der Waals surface area contributed by atoms with E-state index in [2.05, 4.69) is 4.74 Å². The van der Waals surface area contributed by atoms with E-state index < -0.39 is 5.97 Å². The Balaban J connectivity index is 4.37. The van der Waals surface area contributed by atoms with Crippen LogP contribution in [-0.4, -0.2) is 32.1 Å². The first kappa shape index (κ1) is 13.0. The SMILES string of the molecule is COC(=O)/C(C#N)=C/C=C/C=C/N(C)C. The van der Waals surface area contributed by atoms with Crippen LogP contribution >= 0.6 is 0 Å². The molecule has 0 bridgehead atoms. The van der Waals surface area contributed by atoms with Gasteiger partial charge in [-0.05, 0) is 18.4 Å². The largest absolute Gasteiger partial charge is 0.465 e. The van der Waals surface area contributed by atoms with Crippen LogP contribution in [0.4, 0.5) is 0 Å². The van der Waals surface area contributed by atoms with Gasteiger partial charge < -0.3 is 9.64 Å². The lowest BCUT2D eigenvalue weighted by Crippen LogP contribution is -2.02. The minimum absolute atomic E-state index is 0.0213. The van der Waals surface area contributed by atoms with Gasteiger partial charge in [0, 0.05) is 14.1 Å². The molecule has 80 valence electrons. The summed E-state index contributed by atoms with van der Waals surface area (Å²) in [5.74, 6) is -0.626. The summed E-state index contributed by atoms with van der Waals surface area (Å²) in [5.41, 5.74) is -0.0213. The van der Waals surface area contributed by atoms with E-state index in [0.29, 0.717) is 0 Å². The van der Waals surface area contributed by atoms with Crippen LogP contribution in [0, 0.1) is 11.3 Å². The van der Waals surface area contributed by atoms with Gasteiger partial charge in [0.05, 0.1) is 7.11 Å². The zero-order valence-corrected chi connectivity index (χ0v) is 9.10. The summed E-state index contributed by atoms with van der Waals surface area (Å²) in [4.78, 5) is 12.8. The number of nitriles is 1. The second-order valence-electron chi connectivity index (χ2n) is 2.87. The number of nitrogens with zero attached hydrogens (tertiary/aromatic N) is 2. The highest BCUT2D eigenvalue weighted by atomic mass is 16.5. The molecular weight excluding hydrogens is 192 g/mol. The summed E-state index contributed by atoms with van der Waals surface area (Å²) in [7, 11) is 5.04. The molecule has 0 rings (SSSR count). The molecule has 15 heavy (non-hydrogen) atoms. The molecule has 0 unspecified atom stereocenters. The van der Waals surface area contributed by atoms with E-state index in [9.17, 15) is 4.79 Å². The maximum Gasteiger partial charge on any atom is 0.348 e. The first-order valence-electron chi connectivity index (χ1n) is 4.31. The topological polar surface area (TPSA) is 53.3 Å². The average Bonchev–Trinajstić information content (AvgIpc) is 2.22. The first-order chi connectivity index (χ1) is 7.11. The lowest BCUT2D eigenvalue weighted by Gasteiger charge is -2.00. The highest BCUT2D eigenvalue weighted by Gasteiger charge is 2.05. The second kappa shape index (κ2) is 7.39. The van der Waals surface area contributed by atoms with Crippen LogP contribution in [0.1, 0.15) is 0 Å². The van der Waals surface area contributed by atoms with Gasteiger partial charge in [0.25, 0.3) is 0 Å². The average molecular weight is 206 g/mol. The molecule has 0 radical (unpaired) electrons. The minimum Gasteiger partial charge on any atom is -0.465 e. The Hall–Kier alpha value is -2.02. The molecular formula is C11H14N2O2. The number of esters is 1. The van der Waals surface area contributed by atoms with Crippen LogP contribution in [0.5, 0.6) is 0 Å². The van der Waals surface area contributed by atoms with Gasteiger partial charge in [0.1, 0.15) is 11.6 Å². The predicted molar refractivity (Wildman–Crippen MR) is 57.7 cm³/mol. The van der Waals surface area contributed by atoms with Crippen molar-refractivity contribution in [1.82, 2.24) is 4.90 Å². The van der Waals surface area contributed by atoms with Crippen LogP contribution in [0.15, 0.2) is 36.1 Å². The number of ether oxygens (including phenoxy) is 1. The number of allylic oxidation sites excluding steroid dienone is 4. The van der Waals surface area contributed by atoms with Crippen LogP contribution < -0.4 is 0 Å². The van der Waals surface area contributed by atoms with Gasteiger partial charge in [-0.1, -0.05) is 12.2 Å². The fourth-order valence-electron chi connectivity index (χ4n) is 0.699. The molecule has 4 nitrogen and oxygen atoms in total. The molecule has 0 aromatic heterocycles. The number of methoxy groups -OCH3 is 1. The fourth-order valence-corrected chi connectivity index (χ4v) is 0.699. The Morgan fingerprint density at radius 3 is 2.47 bits per heavy atom. The Labute approximate surface area is 89.7 Å². The Bertz CT molecular complexity index is 333. The standard InChI is InChI=1S/C11H14N2O2/c1-13(2)8-6-4-5-7-10(9-12)11(14)15-3/h4-8H,1-3H3/b5-4+,8-6+,10-7+. The maximum atomic E-state index is 10.9. The minimum atomic E-state index is -0.626. The van der Waals surface area contributed by atoms with E-state index in [0.717, 1.165) is 0 Å². The molecule has 0 N–H and O–H groups in total. The van der Waals surface area contributed by atoms with Crippen LogP contribution in [-0.2, 0) is 9.53 Å². The summed E-state index contributed by atoms with van der Waals surface area (Å²) in [6.45, 7) is 0. The Morgan fingerprint density at radius 1 is 1.33 bits per heavy atom. The van der Waals surface area contributed by atoms with Crippen LogP contribution in [0.2, 0.25) is 0 Å². The van der Waals surface area contributed by atoms with Gasteiger partial charge >= 0.3 is 5.97 Å². The quantitative estimate of drug-likeness (QED) is 0.300. The number of carbonyl (C=O) groups excluding carboxylic acids is 1. The van der Waals surface area contributed by atoms with Crippen molar-refractivity contribution in [1.29, 1.82) is 5.26 Å². The van der Waals surface area contributed by atoms with Gasteiger partial charge in [-0.15, -0.1) is 0 Å². The van der Waals surface area contributed by atoms with E-state index in [1.807, 2.05) is 25.2 Å². The fraction of sp³-hybridized carbons (Fsp3) is 0.273. The van der Waals surface area contributed by atoms with Crippen molar-refractivity contribution in [2.75, 3.05) is 21.2 Å². The molecule has 0 saturated heterocycles. The van der Waals surface area contributed by atoms with Crippen molar-refractivity contribution in [3.05, 3.63) is 36.1 Å². The van der Waals surface area contributed by atoms with E-state index in [4.69, 9.17) is 5.26 Å². The molecule has 0 aliphatic rings. The molecule has 0 aliphatic heterocycles. The summed E-state index contributed by atoms with van der Waals surface area (Å²) >= 11 is 0. The molecule has 0 aliphatic carbocycles. The van der Waals surface area contributed by atoms with Gasteiger partial charge in [0.2, 0.25) is 0 Å². The van der Waals surface area contributed by atoms with Gasteiger partial charge in [-0.2, -0.15) is 5.26 Å². The molecule has 0 amide bonds. The molecule has 0 aromatic rings. The van der Waals surface area contributed by atoms with Crippen molar-refractivity contribution in [3.63, 3.8) is 0 Å². The van der Waals surface area contributed by atoms with E-state index in [-0.39, 0.29) is 5.57 Å². The smallest absolute Gasteiger partial charge is 0.348 e. The van der Waals surface area contributed by atoms with E-state index in [1.54, 1.807) is 24.3 Å². The zero-order valence-electron chi connectivity index (χ0n) is 9.10. The highest BCUT2D eigenvalue weighted by Crippen LogP contribution is 1.96. The third kappa shape index (κ3) is 6.11. The Morgan fingerprint density at radius 2 is 2.00 bits per heavy atom. The molecule has 0 saturated carbocycles. The van der Waals surface area contributed by atoms with Crippen molar-refractivity contribution < 1.29 is 9.53 Å². The van der Waals surface area contributed by atoms with E-state index >= 15 is 0 Å². The van der Waals surface area contributed by atoms with Crippen LogP contribution in [0.3, 0.4) is 0 Å². The summed E-state index contributed by atoms with van der Waals surface area (Å²) < 4.78 is 4.41. The van der Waals surface area contributed by atoms with E-state index in [1.165, 1.54) is 13.2 Å². The molecule has 4 heteroatoms. The van der Waals surface area contributed by atoms with Crippen molar-refractivity contribution >= 4 is 5.97 Å². The van der Waals surface area contributed by atoms with Crippen molar-refractivity contribution in [2.24, 2.45) is 0 Å². The third-order valence-electron chi connectivity index (χ3n) is 1.40. The molecule has 0 atom stereocenters. The van der Waals surface area contributed by atoms with Gasteiger partial charge in [0.15, 0.2) is 0 Å². The van der Waals surface area contributed by atoms with Crippen molar-refractivity contribution in [3.8, 4) is 6.07 Å². The summed E-state index contributed by atoms with van der Waals surface area (Å²) in [6, 6.07) is 1.75. The summed E-state index contributed by atoms with van der Waals surface area (Å²) in [6.07, 6.45) is 8.37. The molecule has 0 aromatic carbocycles. The van der Waals surface area contributed by atoms with Gasteiger partial charge in [-0.25, -0.2) is 4.79 Å². The molecule has 0 fully saturated rings. The number of hydrogen-bond acceptors (Lipinski definition) is 4. The number of hydrogen-bond donors (Lipinski definition) is 0. The zero-order chi connectivity index (χ0) is 11.7.